The molecule has 0 N–H and O–H groups in total. The monoisotopic (exact) mass is 295 g/mol. The number of hydrogen-bond donors (Lipinski definition) is 0. The molecular formula is C16H29N3O2. The van der Waals surface area contributed by atoms with Crippen LogP contribution in [0.3, 0.4) is 0 Å². The van der Waals surface area contributed by atoms with E-state index in [1.165, 1.54) is 25.5 Å². The quantitative estimate of drug-likeness (QED) is 0.804. The van der Waals surface area contributed by atoms with Gasteiger partial charge in [-0.25, -0.2) is 4.79 Å². The van der Waals surface area contributed by atoms with Crippen LogP contribution in [0.2, 0.25) is 0 Å². The number of rotatable bonds is 3. The average molecular weight is 295 g/mol. The predicted octanol–water partition coefficient (Wildman–Crippen LogP) is 2.63. The van der Waals surface area contributed by atoms with Crippen molar-refractivity contribution in [2.24, 2.45) is 0 Å². The summed E-state index contributed by atoms with van der Waals surface area (Å²) in [6.07, 6.45) is 6.27. The van der Waals surface area contributed by atoms with E-state index in [1.54, 1.807) is 4.68 Å². The van der Waals surface area contributed by atoms with Crippen LogP contribution in [0.4, 0.5) is 0 Å². The van der Waals surface area contributed by atoms with E-state index < -0.39 is 5.54 Å². The molecule has 1 aliphatic rings. The number of piperidine rings is 1. The molecule has 0 saturated carbocycles. The molecule has 5 nitrogen and oxygen atoms in total. The normalized spacial score (nSPS) is 19.6. The molecule has 1 unspecified atom stereocenters. The number of likely N-dealkylation sites (N-methyl/N-ethyl adjacent to an activating group) is 1. The summed E-state index contributed by atoms with van der Waals surface area (Å²) in [5, 5.41) is 4.35. The third-order valence-electron chi connectivity index (χ3n) is 3.96. The lowest BCUT2D eigenvalue weighted by atomic mass is 9.93. The smallest absolute Gasteiger partial charge is 0.333 e. The summed E-state index contributed by atoms with van der Waals surface area (Å²) in [7, 11) is 3.56. The Balaban J connectivity index is 0.00000106. The highest BCUT2D eigenvalue weighted by Crippen LogP contribution is 2.27. The first-order valence-corrected chi connectivity index (χ1v) is 7.77. The maximum atomic E-state index is 11.8. The fourth-order valence-electron chi connectivity index (χ4n) is 2.64. The van der Waals surface area contributed by atoms with Gasteiger partial charge in [0.25, 0.3) is 0 Å². The van der Waals surface area contributed by atoms with Gasteiger partial charge in [0.15, 0.2) is 5.54 Å². The molecule has 0 spiro atoms. The number of esters is 1. The number of hydrogen-bond acceptors (Lipinski definition) is 4. The minimum Gasteiger partial charge on any atom is -0.467 e. The van der Waals surface area contributed by atoms with Crippen molar-refractivity contribution in [1.29, 1.82) is 0 Å². The van der Waals surface area contributed by atoms with Crippen LogP contribution in [0.1, 0.15) is 52.0 Å². The van der Waals surface area contributed by atoms with Crippen molar-refractivity contribution in [2.75, 3.05) is 27.2 Å². The molecule has 1 aromatic rings. The van der Waals surface area contributed by atoms with Crippen molar-refractivity contribution in [2.45, 2.75) is 52.0 Å². The Bertz CT molecular complexity index is 454. The molecule has 1 saturated heterocycles. The summed E-state index contributed by atoms with van der Waals surface area (Å²) in [5.41, 5.74) is 0.455. The lowest BCUT2D eigenvalue weighted by molar-refractivity contribution is -0.150. The average Bonchev–Trinajstić information content (AvgIpc) is 2.99. The van der Waals surface area contributed by atoms with Crippen LogP contribution in [0.15, 0.2) is 12.4 Å². The largest absolute Gasteiger partial charge is 0.467 e. The number of aromatic nitrogens is 2. The maximum Gasteiger partial charge on any atom is 0.333 e. The van der Waals surface area contributed by atoms with Crippen LogP contribution in [0.25, 0.3) is 0 Å². The van der Waals surface area contributed by atoms with E-state index in [1.807, 2.05) is 40.1 Å². The van der Waals surface area contributed by atoms with Gasteiger partial charge in [0, 0.05) is 12.7 Å². The Morgan fingerprint density at radius 2 is 2.10 bits per heavy atom. The number of carbonyl (C=O) groups is 1. The van der Waals surface area contributed by atoms with Crippen molar-refractivity contribution in [3.8, 4) is 0 Å². The van der Waals surface area contributed by atoms with E-state index in [0.717, 1.165) is 13.1 Å². The molecular weight excluding hydrogens is 266 g/mol. The third-order valence-corrected chi connectivity index (χ3v) is 3.96. The minimum absolute atomic E-state index is 0.275. The predicted molar refractivity (Wildman–Crippen MR) is 84.4 cm³/mol. The summed E-state index contributed by atoms with van der Waals surface area (Å²) in [6, 6.07) is 0. The molecule has 2 heterocycles. The van der Waals surface area contributed by atoms with Crippen molar-refractivity contribution in [3.63, 3.8) is 0 Å². The van der Waals surface area contributed by atoms with Gasteiger partial charge in [0.05, 0.1) is 13.3 Å². The van der Waals surface area contributed by atoms with Gasteiger partial charge >= 0.3 is 5.97 Å². The summed E-state index contributed by atoms with van der Waals surface area (Å²) < 4.78 is 6.54. The molecule has 0 aliphatic carbocycles. The van der Waals surface area contributed by atoms with E-state index in [-0.39, 0.29) is 5.97 Å². The Morgan fingerprint density at radius 3 is 2.67 bits per heavy atom. The number of carbonyl (C=O) groups excluding carboxylic acids is 1. The van der Waals surface area contributed by atoms with E-state index in [0.29, 0.717) is 5.92 Å². The number of ether oxygens (including phenoxy) is 1. The Morgan fingerprint density at radius 1 is 1.43 bits per heavy atom. The molecule has 1 atom stereocenters. The molecule has 0 amide bonds. The summed E-state index contributed by atoms with van der Waals surface area (Å²) in [5.74, 6) is 0.240. The van der Waals surface area contributed by atoms with Crippen LogP contribution in [-0.4, -0.2) is 47.9 Å². The van der Waals surface area contributed by atoms with Gasteiger partial charge in [0.2, 0.25) is 0 Å². The molecule has 0 bridgehead atoms. The molecule has 0 aromatic carbocycles. The third kappa shape index (κ3) is 4.06. The Hall–Kier alpha value is -1.36. The number of likely N-dealkylation sites (tertiary alicyclic amines) is 1. The second-order valence-electron chi connectivity index (χ2n) is 5.87. The van der Waals surface area contributed by atoms with Gasteiger partial charge in [0.1, 0.15) is 0 Å². The first-order chi connectivity index (χ1) is 9.95. The van der Waals surface area contributed by atoms with Crippen LogP contribution in [0, 0.1) is 0 Å². The van der Waals surface area contributed by atoms with Crippen LogP contribution in [-0.2, 0) is 15.1 Å². The second-order valence-corrected chi connectivity index (χ2v) is 5.87. The zero-order valence-corrected chi connectivity index (χ0v) is 14.2. The highest BCUT2D eigenvalue weighted by molar-refractivity contribution is 5.77. The van der Waals surface area contributed by atoms with E-state index in [4.69, 9.17) is 4.74 Å². The lowest BCUT2D eigenvalue weighted by Gasteiger charge is -2.29. The van der Waals surface area contributed by atoms with Gasteiger partial charge in [-0.3, -0.25) is 4.68 Å². The summed E-state index contributed by atoms with van der Waals surface area (Å²) in [6.45, 7) is 9.87. The minimum atomic E-state index is -0.756. The van der Waals surface area contributed by atoms with Crippen molar-refractivity contribution in [1.82, 2.24) is 14.7 Å². The van der Waals surface area contributed by atoms with E-state index in [2.05, 4.69) is 17.0 Å². The molecule has 5 heteroatoms. The zero-order valence-electron chi connectivity index (χ0n) is 14.2. The molecule has 0 radical (unpaired) electrons. The Kier molecular flexibility index (Phi) is 6.40. The van der Waals surface area contributed by atoms with Crippen molar-refractivity contribution >= 4 is 5.97 Å². The maximum absolute atomic E-state index is 11.8. The van der Waals surface area contributed by atoms with Crippen molar-refractivity contribution < 1.29 is 9.53 Å². The molecule has 2 rings (SSSR count). The van der Waals surface area contributed by atoms with Crippen LogP contribution in [0.5, 0.6) is 0 Å². The SMILES string of the molecule is CC.COC(=O)C(C)(C)n1cc(C2CCCN(C)C2)cn1. The van der Waals surface area contributed by atoms with Gasteiger partial charge in [-0.15, -0.1) is 0 Å². The fourth-order valence-corrected chi connectivity index (χ4v) is 2.64. The van der Waals surface area contributed by atoms with Gasteiger partial charge < -0.3 is 9.64 Å². The molecule has 1 fully saturated rings. The highest BCUT2D eigenvalue weighted by atomic mass is 16.5. The highest BCUT2D eigenvalue weighted by Gasteiger charge is 2.32. The number of nitrogens with zero attached hydrogens (tertiary/aromatic N) is 3. The summed E-state index contributed by atoms with van der Waals surface area (Å²) in [4.78, 5) is 14.1. The number of methoxy groups -OCH3 is 1. The van der Waals surface area contributed by atoms with Crippen LogP contribution >= 0.6 is 0 Å². The molecule has 1 aliphatic heterocycles. The lowest BCUT2D eigenvalue weighted by Crippen LogP contribution is -2.37. The first-order valence-electron chi connectivity index (χ1n) is 7.77. The standard InChI is InChI=1S/C14H23N3O2.C2H6/c1-14(2,13(18)19-4)17-10-12(8-15-17)11-6-5-7-16(3)9-11;1-2/h8,10-11H,5-7,9H2,1-4H3;1-2H3. The topological polar surface area (TPSA) is 47.4 Å². The Labute approximate surface area is 128 Å². The van der Waals surface area contributed by atoms with Gasteiger partial charge in [-0.05, 0) is 51.8 Å². The fraction of sp³-hybridized carbons (Fsp3) is 0.750. The van der Waals surface area contributed by atoms with Crippen LogP contribution < -0.4 is 0 Å². The molecule has 120 valence electrons. The summed E-state index contributed by atoms with van der Waals surface area (Å²) >= 11 is 0. The second kappa shape index (κ2) is 7.59. The van der Waals surface area contributed by atoms with Gasteiger partial charge in [-0.1, -0.05) is 13.8 Å². The molecule has 1 aromatic heterocycles. The van der Waals surface area contributed by atoms with E-state index >= 15 is 0 Å². The zero-order chi connectivity index (χ0) is 16.0. The van der Waals surface area contributed by atoms with Gasteiger partial charge in [-0.2, -0.15) is 5.10 Å². The van der Waals surface area contributed by atoms with E-state index in [9.17, 15) is 4.79 Å². The van der Waals surface area contributed by atoms with Crippen molar-refractivity contribution in [3.05, 3.63) is 18.0 Å². The molecule has 21 heavy (non-hydrogen) atoms. The first kappa shape index (κ1) is 17.7.